The number of aliphatic carboxylic acids is 1. The molecule has 0 aromatic heterocycles. The number of carboxylic acids is 1. The molecule has 0 amide bonds. The average molecular weight is 160 g/mol. The van der Waals surface area contributed by atoms with Crippen LogP contribution >= 0.6 is 0 Å². The van der Waals surface area contributed by atoms with E-state index in [4.69, 9.17) is 5.11 Å². The first-order valence-electron chi connectivity index (χ1n) is 3.29. The molecule has 0 aliphatic rings. The first kappa shape index (κ1) is 10.1. The van der Waals surface area contributed by atoms with Crippen LogP contribution in [0.5, 0.6) is 0 Å². The van der Waals surface area contributed by atoms with Crippen molar-refractivity contribution in [1.29, 1.82) is 0 Å². The van der Waals surface area contributed by atoms with Gasteiger partial charge in [0, 0.05) is 6.08 Å². The van der Waals surface area contributed by atoms with E-state index in [0.717, 1.165) is 6.08 Å². The smallest absolute Gasteiger partial charge is 0.328 e. The van der Waals surface area contributed by atoms with Crippen molar-refractivity contribution in [2.75, 3.05) is 0 Å². The Morgan fingerprint density at radius 1 is 1.25 bits per heavy atom. The predicted molar refractivity (Wildman–Crippen MR) is 47.1 cm³/mol. The Morgan fingerprint density at radius 2 is 1.83 bits per heavy atom. The Labute approximate surface area is 71.6 Å². The summed E-state index contributed by atoms with van der Waals surface area (Å²) < 4.78 is 0. The van der Waals surface area contributed by atoms with Crippen LogP contribution in [0.1, 0.15) is 6.92 Å². The van der Waals surface area contributed by atoms with E-state index in [2.05, 4.69) is 23.7 Å². The number of carbonyl (C=O) groups is 1. The summed E-state index contributed by atoms with van der Waals surface area (Å²) >= 11 is 0. The van der Waals surface area contributed by atoms with Crippen molar-refractivity contribution in [3.63, 3.8) is 0 Å². The molecule has 2 nitrogen and oxygen atoms in total. The lowest BCUT2D eigenvalue weighted by atomic mass is 10.4. The minimum Gasteiger partial charge on any atom is -0.478 e. The van der Waals surface area contributed by atoms with E-state index in [0.29, 0.717) is 0 Å². The second-order valence-electron chi connectivity index (χ2n) is 1.71. The third-order valence-corrected chi connectivity index (χ3v) is 0.766. The van der Waals surface area contributed by atoms with E-state index >= 15 is 0 Å². The SMILES string of the molecule is C/C=C/C#CC#C/C=C\C(=O)O. The maximum Gasteiger partial charge on any atom is 0.328 e. The third-order valence-electron chi connectivity index (χ3n) is 0.766. The summed E-state index contributed by atoms with van der Waals surface area (Å²) in [5, 5.41) is 8.15. The summed E-state index contributed by atoms with van der Waals surface area (Å²) in [7, 11) is 0. The molecule has 12 heavy (non-hydrogen) atoms. The molecule has 0 radical (unpaired) electrons. The zero-order valence-electron chi connectivity index (χ0n) is 6.66. The van der Waals surface area contributed by atoms with Crippen molar-refractivity contribution in [2.24, 2.45) is 0 Å². The highest BCUT2D eigenvalue weighted by molar-refractivity contribution is 5.80. The zero-order valence-corrected chi connectivity index (χ0v) is 6.66. The van der Waals surface area contributed by atoms with Gasteiger partial charge in [0.25, 0.3) is 0 Å². The summed E-state index contributed by atoms with van der Waals surface area (Å²) in [6.07, 6.45) is 5.66. The summed E-state index contributed by atoms with van der Waals surface area (Å²) in [4.78, 5) is 9.93. The van der Waals surface area contributed by atoms with Gasteiger partial charge in [0.15, 0.2) is 0 Å². The minimum atomic E-state index is -1.01. The van der Waals surface area contributed by atoms with Crippen LogP contribution in [0, 0.1) is 23.7 Å². The molecule has 0 atom stereocenters. The van der Waals surface area contributed by atoms with E-state index < -0.39 is 5.97 Å². The quantitative estimate of drug-likeness (QED) is 0.462. The van der Waals surface area contributed by atoms with E-state index in [9.17, 15) is 4.79 Å². The highest BCUT2D eigenvalue weighted by Gasteiger charge is 1.78. The maximum absolute atomic E-state index is 9.93. The molecule has 0 unspecified atom stereocenters. The Morgan fingerprint density at radius 3 is 2.33 bits per heavy atom. The van der Waals surface area contributed by atoms with Crippen LogP contribution in [0.15, 0.2) is 24.3 Å². The molecule has 0 aliphatic carbocycles. The fourth-order valence-corrected chi connectivity index (χ4v) is 0.352. The Kier molecular flexibility index (Phi) is 6.03. The topological polar surface area (TPSA) is 37.3 Å². The summed E-state index contributed by atoms with van der Waals surface area (Å²) in [5.74, 6) is 9.07. The number of hydrogen-bond acceptors (Lipinski definition) is 1. The van der Waals surface area contributed by atoms with Gasteiger partial charge in [0.05, 0.1) is 0 Å². The molecule has 0 saturated heterocycles. The lowest BCUT2D eigenvalue weighted by Crippen LogP contribution is -1.84. The number of carboxylic acid groups (broad SMARTS) is 1. The van der Waals surface area contributed by atoms with E-state index in [1.54, 1.807) is 12.2 Å². The molecular weight excluding hydrogens is 152 g/mol. The molecule has 0 bridgehead atoms. The monoisotopic (exact) mass is 160 g/mol. The van der Waals surface area contributed by atoms with Crippen LogP contribution < -0.4 is 0 Å². The molecule has 0 saturated carbocycles. The van der Waals surface area contributed by atoms with Gasteiger partial charge in [-0.15, -0.1) is 0 Å². The molecule has 0 aromatic carbocycles. The average Bonchev–Trinajstić information content (AvgIpc) is 2.02. The van der Waals surface area contributed by atoms with Gasteiger partial charge in [-0.1, -0.05) is 17.9 Å². The van der Waals surface area contributed by atoms with Gasteiger partial charge in [0.1, 0.15) is 0 Å². The van der Waals surface area contributed by atoms with Crippen LogP contribution in [-0.2, 0) is 4.79 Å². The van der Waals surface area contributed by atoms with Gasteiger partial charge in [-0.05, 0) is 30.9 Å². The molecule has 0 rings (SSSR count). The minimum absolute atomic E-state index is 0.963. The molecule has 0 fully saturated rings. The van der Waals surface area contributed by atoms with Gasteiger partial charge in [-0.2, -0.15) is 0 Å². The lowest BCUT2D eigenvalue weighted by Gasteiger charge is -1.69. The maximum atomic E-state index is 9.93. The van der Waals surface area contributed by atoms with Crippen molar-refractivity contribution >= 4 is 5.97 Å². The first-order chi connectivity index (χ1) is 5.77. The molecule has 0 aliphatic heterocycles. The summed E-state index contributed by atoms with van der Waals surface area (Å²) in [6, 6.07) is 0. The predicted octanol–water partition coefficient (Wildman–Crippen LogP) is 1.21. The van der Waals surface area contributed by atoms with E-state index in [-0.39, 0.29) is 0 Å². The molecule has 0 spiro atoms. The van der Waals surface area contributed by atoms with Crippen molar-refractivity contribution in [3.05, 3.63) is 24.3 Å². The van der Waals surface area contributed by atoms with Gasteiger partial charge >= 0.3 is 5.97 Å². The van der Waals surface area contributed by atoms with Crippen LogP contribution in [0.3, 0.4) is 0 Å². The van der Waals surface area contributed by atoms with Crippen molar-refractivity contribution in [3.8, 4) is 23.7 Å². The largest absolute Gasteiger partial charge is 0.478 e. The van der Waals surface area contributed by atoms with Crippen LogP contribution in [0.2, 0.25) is 0 Å². The standard InChI is InChI=1S/C10H8O2/c1-2-3-4-5-6-7-8-9-10(11)12/h2-3,8-9H,1H3,(H,11,12)/b3-2+,9-8-. The molecular formula is C10H8O2. The van der Waals surface area contributed by atoms with Gasteiger partial charge in [-0.3, -0.25) is 0 Å². The summed E-state index contributed by atoms with van der Waals surface area (Å²) in [6.45, 7) is 1.85. The highest BCUT2D eigenvalue weighted by Crippen LogP contribution is 1.69. The van der Waals surface area contributed by atoms with Gasteiger partial charge in [-0.25, -0.2) is 4.79 Å². The van der Waals surface area contributed by atoms with Crippen molar-refractivity contribution in [2.45, 2.75) is 6.92 Å². The molecule has 1 N–H and O–H groups in total. The fourth-order valence-electron chi connectivity index (χ4n) is 0.352. The van der Waals surface area contributed by atoms with Crippen LogP contribution in [-0.4, -0.2) is 11.1 Å². The zero-order chi connectivity index (χ0) is 9.23. The van der Waals surface area contributed by atoms with Gasteiger partial charge < -0.3 is 5.11 Å². The van der Waals surface area contributed by atoms with Gasteiger partial charge in [0.2, 0.25) is 0 Å². The van der Waals surface area contributed by atoms with Crippen LogP contribution in [0.25, 0.3) is 0 Å². The van der Waals surface area contributed by atoms with E-state index in [1.807, 2.05) is 6.92 Å². The second kappa shape index (κ2) is 7.18. The Balaban J connectivity index is 3.93. The molecule has 60 valence electrons. The number of rotatable bonds is 1. The highest BCUT2D eigenvalue weighted by atomic mass is 16.4. The van der Waals surface area contributed by atoms with Crippen molar-refractivity contribution < 1.29 is 9.90 Å². The second-order valence-corrected chi connectivity index (χ2v) is 1.71. The van der Waals surface area contributed by atoms with E-state index in [1.165, 1.54) is 6.08 Å². The number of hydrogen-bond donors (Lipinski definition) is 1. The Hall–Kier alpha value is -1.93. The first-order valence-corrected chi connectivity index (χ1v) is 3.29. The lowest BCUT2D eigenvalue weighted by molar-refractivity contribution is -0.131. The number of allylic oxidation sites excluding steroid dienone is 3. The molecule has 0 aromatic rings. The molecule has 2 heteroatoms. The van der Waals surface area contributed by atoms with Crippen molar-refractivity contribution in [1.82, 2.24) is 0 Å². The summed E-state index contributed by atoms with van der Waals surface area (Å²) in [5.41, 5.74) is 0. The van der Waals surface area contributed by atoms with Crippen LogP contribution in [0.4, 0.5) is 0 Å². The molecule has 0 heterocycles. The fraction of sp³-hybridized carbons (Fsp3) is 0.100. The normalized spacial score (nSPS) is 8.75. The Bertz CT molecular complexity index is 313. The third kappa shape index (κ3) is 8.07.